The van der Waals surface area contributed by atoms with E-state index in [-0.39, 0.29) is 0 Å². The maximum absolute atomic E-state index is 5.78. The zero-order valence-electron chi connectivity index (χ0n) is 14.6. The molecule has 26 heavy (non-hydrogen) atoms. The fraction of sp³-hybridized carbons (Fsp3) is 0.368. The van der Waals surface area contributed by atoms with Gasteiger partial charge in [0.25, 0.3) is 0 Å². The molecule has 0 N–H and O–H groups in total. The minimum absolute atomic E-state index is 0.569. The molecule has 0 spiro atoms. The van der Waals surface area contributed by atoms with E-state index in [1.165, 1.54) is 27.8 Å². The van der Waals surface area contributed by atoms with E-state index in [4.69, 9.17) is 17.3 Å². The number of thiophene rings is 1. The van der Waals surface area contributed by atoms with E-state index >= 15 is 0 Å². The van der Waals surface area contributed by atoms with Crippen LogP contribution in [0.15, 0.2) is 45.6 Å². The van der Waals surface area contributed by atoms with Gasteiger partial charge in [0.15, 0.2) is 4.77 Å². The SMILES string of the molecule is CN(Cc1csc(Br)c1)Cn1nc(C2CC2)n(Cc2ccccc2)c1=S. The molecule has 0 amide bonds. The Bertz CT molecular complexity index is 940. The predicted molar refractivity (Wildman–Crippen MR) is 112 cm³/mol. The van der Waals surface area contributed by atoms with Gasteiger partial charge in [0.05, 0.1) is 17.0 Å². The van der Waals surface area contributed by atoms with Crippen LogP contribution in [0.2, 0.25) is 0 Å². The lowest BCUT2D eigenvalue weighted by Gasteiger charge is -2.15. The van der Waals surface area contributed by atoms with Gasteiger partial charge in [-0.2, -0.15) is 5.10 Å². The van der Waals surface area contributed by atoms with Crippen molar-refractivity contribution < 1.29 is 0 Å². The van der Waals surface area contributed by atoms with E-state index in [0.29, 0.717) is 12.6 Å². The van der Waals surface area contributed by atoms with Crippen LogP contribution in [0.3, 0.4) is 0 Å². The van der Waals surface area contributed by atoms with Crippen molar-refractivity contribution in [2.45, 2.75) is 38.5 Å². The summed E-state index contributed by atoms with van der Waals surface area (Å²) in [6.07, 6.45) is 2.44. The quantitative estimate of drug-likeness (QED) is 0.461. The van der Waals surface area contributed by atoms with Crippen molar-refractivity contribution in [2.24, 2.45) is 0 Å². The van der Waals surface area contributed by atoms with E-state index in [2.05, 4.69) is 68.2 Å². The van der Waals surface area contributed by atoms with Crippen LogP contribution in [-0.2, 0) is 19.8 Å². The molecule has 7 heteroatoms. The van der Waals surface area contributed by atoms with E-state index in [0.717, 1.165) is 23.7 Å². The lowest BCUT2D eigenvalue weighted by Crippen LogP contribution is -2.22. The second-order valence-corrected chi connectivity index (χ2v) is 9.56. The number of hydrogen-bond acceptors (Lipinski definition) is 4. The maximum atomic E-state index is 5.78. The molecule has 1 saturated carbocycles. The Hall–Kier alpha value is -1.28. The Labute approximate surface area is 171 Å². The summed E-state index contributed by atoms with van der Waals surface area (Å²) >= 11 is 11.0. The van der Waals surface area contributed by atoms with E-state index in [9.17, 15) is 0 Å². The van der Waals surface area contributed by atoms with Crippen molar-refractivity contribution in [3.8, 4) is 0 Å². The molecule has 0 radical (unpaired) electrons. The third-order valence-corrected chi connectivity index (χ3v) is 6.51. The summed E-state index contributed by atoms with van der Waals surface area (Å²) in [6, 6.07) is 12.7. The van der Waals surface area contributed by atoms with Crippen LogP contribution in [-0.4, -0.2) is 26.3 Å². The largest absolute Gasteiger partial charge is 0.299 e. The molecule has 4 nitrogen and oxygen atoms in total. The van der Waals surface area contributed by atoms with Crippen LogP contribution in [0.5, 0.6) is 0 Å². The Kier molecular flexibility index (Phi) is 5.40. The van der Waals surface area contributed by atoms with Crippen LogP contribution >= 0.6 is 39.5 Å². The third kappa shape index (κ3) is 4.17. The fourth-order valence-corrected chi connectivity index (χ4v) is 4.58. The molecular formula is C19H21BrN4S2. The molecule has 0 aliphatic heterocycles. The summed E-state index contributed by atoms with van der Waals surface area (Å²) in [6.45, 7) is 2.38. The first-order valence-corrected chi connectivity index (χ1v) is 10.8. The van der Waals surface area contributed by atoms with E-state index in [1.807, 2.05) is 10.7 Å². The molecule has 0 bridgehead atoms. The van der Waals surface area contributed by atoms with Crippen LogP contribution in [0.1, 0.15) is 35.7 Å². The standard InChI is InChI=1S/C19H21BrN4S2/c1-22(10-15-9-17(20)26-12-15)13-24-19(25)23(18(21-24)16-7-8-16)11-14-5-3-2-4-6-14/h2-6,9,12,16H,7-8,10-11,13H2,1H3. The first-order chi connectivity index (χ1) is 12.6. The highest BCUT2D eigenvalue weighted by molar-refractivity contribution is 9.11. The molecule has 0 unspecified atom stereocenters. The average Bonchev–Trinajstić information content (AvgIpc) is 3.33. The number of hydrogen-bond donors (Lipinski definition) is 0. The zero-order valence-corrected chi connectivity index (χ0v) is 17.9. The maximum Gasteiger partial charge on any atom is 0.199 e. The van der Waals surface area contributed by atoms with Gasteiger partial charge in [-0.1, -0.05) is 30.3 Å². The number of benzene rings is 1. The van der Waals surface area contributed by atoms with Crippen LogP contribution < -0.4 is 0 Å². The van der Waals surface area contributed by atoms with Gasteiger partial charge in [-0.3, -0.25) is 9.47 Å². The lowest BCUT2D eigenvalue weighted by atomic mass is 10.2. The molecule has 1 aromatic carbocycles. The van der Waals surface area contributed by atoms with Gasteiger partial charge in [0.2, 0.25) is 0 Å². The lowest BCUT2D eigenvalue weighted by molar-refractivity contribution is 0.243. The second-order valence-electron chi connectivity index (χ2n) is 6.90. The minimum Gasteiger partial charge on any atom is -0.299 e. The highest BCUT2D eigenvalue weighted by Crippen LogP contribution is 2.39. The van der Waals surface area contributed by atoms with Gasteiger partial charge in [-0.25, -0.2) is 4.68 Å². The summed E-state index contributed by atoms with van der Waals surface area (Å²) in [5, 5.41) is 7.07. The molecule has 2 heterocycles. The molecule has 1 aliphatic carbocycles. The van der Waals surface area contributed by atoms with Crippen LogP contribution in [0.4, 0.5) is 0 Å². The smallest absolute Gasteiger partial charge is 0.199 e. The third-order valence-electron chi connectivity index (χ3n) is 4.53. The number of rotatable bonds is 7. The van der Waals surface area contributed by atoms with Gasteiger partial charge in [0, 0.05) is 12.5 Å². The van der Waals surface area contributed by atoms with Crippen molar-refractivity contribution >= 4 is 39.5 Å². The number of aromatic nitrogens is 3. The monoisotopic (exact) mass is 448 g/mol. The second kappa shape index (κ2) is 7.76. The molecule has 136 valence electrons. The molecule has 1 fully saturated rings. The van der Waals surface area contributed by atoms with E-state index in [1.54, 1.807) is 11.3 Å². The van der Waals surface area contributed by atoms with Gasteiger partial charge in [0.1, 0.15) is 5.82 Å². The molecule has 0 saturated heterocycles. The van der Waals surface area contributed by atoms with Gasteiger partial charge >= 0.3 is 0 Å². The number of nitrogens with zero attached hydrogens (tertiary/aromatic N) is 4. The first-order valence-electron chi connectivity index (χ1n) is 8.73. The Balaban J connectivity index is 1.54. The molecule has 1 aliphatic rings. The Morgan fingerprint density at radius 1 is 1.27 bits per heavy atom. The van der Waals surface area contributed by atoms with Gasteiger partial charge < -0.3 is 0 Å². The van der Waals surface area contributed by atoms with Crippen LogP contribution in [0, 0.1) is 4.77 Å². The summed E-state index contributed by atoms with van der Waals surface area (Å²) in [5.74, 6) is 1.71. The molecule has 2 aromatic heterocycles. The summed E-state index contributed by atoms with van der Waals surface area (Å²) < 4.78 is 6.18. The fourth-order valence-electron chi connectivity index (χ4n) is 3.13. The van der Waals surface area contributed by atoms with Gasteiger partial charge in [-0.15, -0.1) is 11.3 Å². The van der Waals surface area contributed by atoms with Crippen molar-refractivity contribution in [1.82, 2.24) is 19.2 Å². The van der Waals surface area contributed by atoms with Crippen molar-refractivity contribution in [3.05, 3.63) is 67.3 Å². The first kappa shape index (κ1) is 18.1. The summed E-state index contributed by atoms with van der Waals surface area (Å²) in [4.78, 5) is 2.25. The highest BCUT2D eigenvalue weighted by Gasteiger charge is 2.30. The van der Waals surface area contributed by atoms with E-state index < -0.39 is 0 Å². The average molecular weight is 449 g/mol. The van der Waals surface area contributed by atoms with Crippen molar-refractivity contribution in [1.29, 1.82) is 0 Å². The number of halogens is 1. The molecular weight excluding hydrogens is 428 g/mol. The normalized spacial score (nSPS) is 14.3. The topological polar surface area (TPSA) is 26.0 Å². The molecule has 0 atom stereocenters. The van der Waals surface area contributed by atoms with Crippen molar-refractivity contribution in [2.75, 3.05) is 7.05 Å². The zero-order chi connectivity index (χ0) is 18.1. The predicted octanol–water partition coefficient (Wildman–Crippen LogP) is 5.25. The summed E-state index contributed by atoms with van der Waals surface area (Å²) in [7, 11) is 2.11. The molecule has 4 rings (SSSR count). The van der Waals surface area contributed by atoms with Crippen LogP contribution in [0.25, 0.3) is 0 Å². The molecule has 3 aromatic rings. The highest BCUT2D eigenvalue weighted by atomic mass is 79.9. The minimum atomic E-state index is 0.569. The Morgan fingerprint density at radius 2 is 2.04 bits per heavy atom. The summed E-state index contributed by atoms with van der Waals surface area (Å²) in [5.41, 5.74) is 2.57. The van der Waals surface area contributed by atoms with Crippen molar-refractivity contribution in [3.63, 3.8) is 0 Å². The Morgan fingerprint density at radius 3 is 2.69 bits per heavy atom. The van der Waals surface area contributed by atoms with Gasteiger partial charge in [-0.05, 0) is 70.6 Å².